The first-order chi connectivity index (χ1) is 9.16. The van der Waals surface area contributed by atoms with E-state index < -0.39 is 0 Å². The van der Waals surface area contributed by atoms with Crippen LogP contribution >= 0.6 is 11.6 Å². The van der Waals surface area contributed by atoms with Crippen molar-refractivity contribution < 1.29 is 0 Å². The maximum atomic E-state index is 6.45. The Hall–Kier alpha value is -1.38. The zero-order valence-corrected chi connectivity index (χ0v) is 11.7. The first kappa shape index (κ1) is 12.6. The lowest BCUT2D eigenvalue weighted by Gasteiger charge is -2.20. The van der Waals surface area contributed by atoms with Gasteiger partial charge in [0.15, 0.2) is 0 Å². The number of aryl methyl sites for hydroxylation is 2. The summed E-state index contributed by atoms with van der Waals surface area (Å²) in [5.74, 6) is 0.316. The number of hydrogen-bond acceptors (Lipinski definition) is 2. The van der Waals surface area contributed by atoms with E-state index in [1.54, 1.807) is 0 Å². The van der Waals surface area contributed by atoms with Gasteiger partial charge in [-0.2, -0.15) is 0 Å². The van der Waals surface area contributed by atoms with Gasteiger partial charge in [-0.05, 0) is 48.6 Å². The third-order valence-electron chi connectivity index (χ3n) is 4.00. The van der Waals surface area contributed by atoms with E-state index in [0.29, 0.717) is 5.92 Å². The molecule has 1 aliphatic carbocycles. The summed E-state index contributed by atoms with van der Waals surface area (Å²) >= 11 is 6.07. The number of hydrogen-bond donors (Lipinski definition) is 1. The number of aromatic nitrogens is 1. The van der Waals surface area contributed by atoms with Crippen molar-refractivity contribution in [3.8, 4) is 0 Å². The summed E-state index contributed by atoms with van der Waals surface area (Å²) < 4.78 is 0. The second-order valence-corrected chi connectivity index (χ2v) is 5.63. The van der Waals surface area contributed by atoms with Gasteiger partial charge >= 0.3 is 0 Å². The standard InChI is InChI=1S/C16H17ClN2/c1-10-9-12(5-7-14(10)17)15(18)13-6-4-11-3-2-8-19-16(11)13/h2-3,5,7-9,13,15H,4,6,18H2,1H3. The molecule has 2 N–H and O–H groups in total. The molecule has 0 radical (unpaired) electrons. The van der Waals surface area contributed by atoms with E-state index in [0.717, 1.165) is 29.0 Å². The average molecular weight is 273 g/mol. The highest BCUT2D eigenvalue weighted by Gasteiger charge is 2.29. The summed E-state index contributed by atoms with van der Waals surface area (Å²) in [4.78, 5) is 4.52. The van der Waals surface area contributed by atoms with Crippen LogP contribution in [-0.4, -0.2) is 4.98 Å². The van der Waals surface area contributed by atoms with Crippen molar-refractivity contribution in [1.82, 2.24) is 4.98 Å². The number of pyridine rings is 1. The van der Waals surface area contributed by atoms with E-state index >= 15 is 0 Å². The van der Waals surface area contributed by atoms with Crippen molar-refractivity contribution in [2.75, 3.05) is 0 Å². The lowest BCUT2D eigenvalue weighted by molar-refractivity contribution is 0.541. The maximum Gasteiger partial charge on any atom is 0.0485 e. The average Bonchev–Trinajstić information content (AvgIpc) is 2.85. The van der Waals surface area contributed by atoms with E-state index in [1.165, 1.54) is 11.3 Å². The molecule has 0 aliphatic heterocycles. The van der Waals surface area contributed by atoms with Crippen LogP contribution in [0.4, 0.5) is 0 Å². The van der Waals surface area contributed by atoms with Crippen molar-refractivity contribution in [1.29, 1.82) is 0 Å². The summed E-state index contributed by atoms with van der Waals surface area (Å²) in [5.41, 5.74) is 11.2. The Morgan fingerprint density at radius 2 is 2.21 bits per heavy atom. The molecule has 98 valence electrons. The Bertz CT molecular complexity index is 609. The maximum absolute atomic E-state index is 6.45. The summed E-state index contributed by atoms with van der Waals surface area (Å²) in [7, 11) is 0. The largest absolute Gasteiger partial charge is 0.323 e. The van der Waals surface area contributed by atoms with Crippen LogP contribution in [0.5, 0.6) is 0 Å². The Labute approximate surface area is 118 Å². The van der Waals surface area contributed by atoms with Crippen LogP contribution in [0, 0.1) is 6.92 Å². The van der Waals surface area contributed by atoms with Gasteiger partial charge in [-0.25, -0.2) is 0 Å². The van der Waals surface area contributed by atoms with Gasteiger partial charge in [0.05, 0.1) is 0 Å². The summed E-state index contributed by atoms with van der Waals surface area (Å²) in [6, 6.07) is 10.2. The number of nitrogens with zero attached hydrogens (tertiary/aromatic N) is 1. The fourth-order valence-corrected chi connectivity index (χ4v) is 3.02. The monoisotopic (exact) mass is 272 g/mol. The molecule has 1 heterocycles. The number of rotatable bonds is 2. The molecular formula is C16H17ClN2. The minimum atomic E-state index is -0.00730. The van der Waals surface area contributed by atoms with Crippen LogP contribution in [0.25, 0.3) is 0 Å². The summed E-state index contributed by atoms with van der Waals surface area (Å²) in [6.07, 6.45) is 4.01. The molecule has 2 nitrogen and oxygen atoms in total. The second kappa shape index (κ2) is 4.95. The van der Waals surface area contributed by atoms with E-state index in [4.69, 9.17) is 17.3 Å². The highest BCUT2D eigenvalue weighted by molar-refractivity contribution is 6.31. The predicted molar refractivity (Wildman–Crippen MR) is 78.4 cm³/mol. The number of fused-ring (bicyclic) bond motifs is 1. The first-order valence-corrected chi connectivity index (χ1v) is 7.00. The van der Waals surface area contributed by atoms with Crippen LogP contribution < -0.4 is 5.73 Å². The molecule has 0 bridgehead atoms. The lowest BCUT2D eigenvalue weighted by atomic mass is 9.91. The molecule has 0 saturated carbocycles. The van der Waals surface area contributed by atoms with Crippen LogP contribution in [-0.2, 0) is 6.42 Å². The Morgan fingerprint density at radius 1 is 1.37 bits per heavy atom. The molecule has 3 rings (SSSR count). The normalized spacial score (nSPS) is 19.2. The fraction of sp³-hybridized carbons (Fsp3) is 0.312. The van der Waals surface area contributed by atoms with Gasteiger partial charge in [0.25, 0.3) is 0 Å². The van der Waals surface area contributed by atoms with Crippen molar-refractivity contribution in [2.24, 2.45) is 5.73 Å². The second-order valence-electron chi connectivity index (χ2n) is 5.23. The molecular weight excluding hydrogens is 256 g/mol. The minimum Gasteiger partial charge on any atom is -0.323 e. The number of nitrogens with two attached hydrogens (primary N) is 1. The molecule has 1 aromatic carbocycles. The number of benzene rings is 1. The van der Waals surface area contributed by atoms with Crippen molar-refractivity contribution in [2.45, 2.75) is 31.7 Å². The highest BCUT2D eigenvalue weighted by Crippen LogP contribution is 2.39. The lowest BCUT2D eigenvalue weighted by Crippen LogP contribution is -2.19. The Balaban J connectivity index is 1.93. The Kier molecular flexibility index (Phi) is 3.29. The van der Waals surface area contributed by atoms with Gasteiger partial charge in [-0.3, -0.25) is 4.98 Å². The SMILES string of the molecule is Cc1cc(C(N)C2CCc3cccnc32)ccc1Cl. The number of halogens is 1. The molecule has 0 saturated heterocycles. The molecule has 2 aromatic rings. The molecule has 0 spiro atoms. The van der Waals surface area contributed by atoms with E-state index in [9.17, 15) is 0 Å². The molecule has 19 heavy (non-hydrogen) atoms. The predicted octanol–water partition coefficient (Wildman–Crippen LogP) is 3.77. The third kappa shape index (κ3) is 2.26. The van der Waals surface area contributed by atoms with Gasteiger partial charge < -0.3 is 5.73 Å². The fourth-order valence-electron chi connectivity index (χ4n) is 2.90. The zero-order chi connectivity index (χ0) is 13.4. The van der Waals surface area contributed by atoms with Gasteiger partial charge in [0, 0.05) is 28.9 Å². The van der Waals surface area contributed by atoms with Crippen molar-refractivity contribution >= 4 is 11.6 Å². The summed E-state index contributed by atoms with van der Waals surface area (Å²) in [6.45, 7) is 2.01. The van der Waals surface area contributed by atoms with E-state index in [2.05, 4.69) is 17.1 Å². The highest BCUT2D eigenvalue weighted by atomic mass is 35.5. The van der Waals surface area contributed by atoms with E-state index in [-0.39, 0.29) is 6.04 Å². The molecule has 3 heteroatoms. The zero-order valence-electron chi connectivity index (χ0n) is 10.9. The van der Waals surface area contributed by atoms with Gasteiger partial charge in [-0.15, -0.1) is 0 Å². The topological polar surface area (TPSA) is 38.9 Å². The molecule has 2 atom stereocenters. The minimum absolute atomic E-state index is 0.00730. The van der Waals surface area contributed by atoms with Gasteiger partial charge in [0.1, 0.15) is 0 Å². The molecule has 1 aliphatic rings. The third-order valence-corrected chi connectivity index (χ3v) is 4.43. The molecule has 2 unspecified atom stereocenters. The first-order valence-electron chi connectivity index (χ1n) is 6.62. The smallest absolute Gasteiger partial charge is 0.0485 e. The van der Waals surface area contributed by atoms with Crippen LogP contribution in [0.3, 0.4) is 0 Å². The molecule has 0 amide bonds. The van der Waals surface area contributed by atoms with Crippen molar-refractivity contribution in [3.63, 3.8) is 0 Å². The van der Waals surface area contributed by atoms with E-state index in [1.807, 2.05) is 31.3 Å². The van der Waals surface area contributed by atoms with Crippen LogP contribution in [0.1, 0.15) is 40.8 Å². The van der Waals surface area contributed by atoms with Crippen LogP contribution in [0.2, 0.25) is 5.02 Å². The van der Waals surface area contributed by atoms with Crippen LogP contribution in [0.15, 0.2) is 36.5 Å². The van der Waals surface area contributed by atoms with Crippen molar-refractivity contribution in [3.05, 3.63) is 63.9 Å². The summed E-state index contributed by atoms with van der Waals surface area (Å²) in [5, 5.41) is 0.792. The molecule has 1 aromatic heterocycles. The van der Waals surface area contributed by atoms with Gasteiger partial charge in [0.2, 0.25) is 0 Å². The molecule has 0 fully saturated rings. The quantitative estimate of drug-likeness (QED) is 0.904. The van der Waals surface area contributed by atoms with Gasteiger partial charge in [-0.1, -0.05) is 29.8 Å². The Morgan fingerprint density at radius 3 is 3.00 bits per heavy atom.